The Balaban J connectivity index is 2.46. The van der Waals surface area contributed by atoms with Crippen molar-refractivity contribution in [1.29, 1.82) is 0 Å². The van der Waals surface area contributed by atoms with Gasteiger partial charge in [0.25, 0.3) is 0 Å². The lowest BCUT2D eigenvalue weighted by molar-refractivity contribution is 0.214. The van der Waals surface area contributed by atoms with Crippen LogP contribution in [0.2, 0.25) is 5.02 Å². The lowest BCUT2D eigenvalue weighted by Gasteiger charge is -2.14. The van der Waals surface area contributed by atoms with E-state index < -0.39 is 17.7 Å². The van der Waals surface area contributed by atoms with E-state index in [9.17, 15) is 13.9 Å². The maximum atomic E-state index is 13.8. The van der Waals surface area contributed by atoms with Crippen molar-refractivity contribution in [2.75, 3.05) is 0 Å². The van der Waals surface area contributed by atoms with Crippen molar-refractivity contribution in [3.05, 3.63) is 66.2 Å². The molecule has 1 unspecified atom stereocenters. The van der Waals surface area contributed by atoms with Gasteiger partial charge in [-0.2, -0.15) is 0 Å². The molecule has 0 aromatic heterocycles. The third kappa shape index (κ3) is 3.26. The van der Waals surface area contributed by atoms with Crippen LogP contribution in [0, 0.1) is 15.2 Å². The fourth-order valence-electron chi connectivity index (χ4n) is 1.61. The van der Waals surface area contributed by atoms with Crippen LogP contribution < -0.4 is 0 Å². The molecule has 0 bridgehead atoms. The molecule has 0 amide bonds. The number of halogens is 5. The molecule has 1 N–H and O–H groups in total. The minimum absolute atomic E-state index is 0.0154. The molecule has 0 fully saturated rings. The fourth-order valence-corrected chi connectivity index (χ4v) is 2.45. The molecule has 0 radical (unpaired) electrons. The zero-order chi connectivity index (χ0) is 14.2. The zero-order valence-electron chi connectivity index (χ0n) is 9.30. The summed E-state index contributed by atoms with van der Waals surface area (Å²) in [5.41, 5.74) is 0.281. The molecule has 1 nitrogen and oxygen atoms in total. The minimum Gasteiger partial charge on any atom is -0.384 e. The Kier molecular flexibility index (Phi) is 4.81. The summed E-state index contributed by atoms with van der Waals surface area (Å²) in [6, 6.07) is 6.82. The van der Waals surface area contributed by atoms with E-state index in [2.05, 4.69) is 15.9 Å². The standard InChI is InChI=1S/C13H7BrClF2IO/c14-8-5-10(16)7(4-11(8)17)13(19)6-1-2-12(18)9(15)3-6/h1-5,13,19H. The van der Waals surface area contributed by atoms with Crippen molar-refractivity contribution in [3.63, 3.8) is 0 Å². The average Bonchev–Trinajstić information content (AvgIpc) is 2.36. The predicted octanol–water partition coefficient (Wildman–Crippen LogP) is 5.07. The largest absolute Gasteiger partial charge is 0.384 e. The van der Waals surface area contributed by atoms with Gasteiger partial charge < -0.3 is 5.11 Å². The molecule has 2 aromatic rings. The Morgan fingerprint density at radius 2 is 1.84 bits per heavy atom. The highest BCUT2D eigenvalue weighted by Crippen LogP contribution is 2.30. The molecule has 19 heavy (non-hydrogen) atoms. The average molecular weight is 459 g/mol. The van der Waals surface area contributed by atoms with Crippen LogP contribution in [0.5, 0.6) is 0 Å². The van der Waals surface area contributed by atoms with Crippen molar-refractivity contribution < 1.29 is 13.9 Å². The Morgan fingerprint density at radius 1 is 1.16 bits per heavy atom. The highest BCUT2D eigenvalue weighted by atomic mass is 127. The first-order valence-corrected chi connectivity index (χ1v) is 7.42. The molecule has 0 saturated heterocycles. The Bertz CT molecular complexity index is 636. The van der Waals surface area contributed by atoms with E-state index in [0.717, 1.165) is 15.7 Å². The second-order valence-corrected chi connectivity index (χ2v) is 6.29. The first kappa shape index (κ1) is 15.2. The smallest absolute Gasteiger partial charge is 0.137 e. The van der Waals surface area contributed by atoms with Crippen molar-refractivity contribution >= 4 is 50.1 Å². The molecular weight excluding hydrogens is 452 g/mol. The summed E-state index contributed by atoms with van der Waals surface area (Å²) >= 11 is 10.9. The lowest BCUT2D eigenvalue weighted by Crippen LogP contribution is -2.04. The van der Waals surface area contributed by atoms with Crippen LogP contribution in [-0.2, 0) is 0 Å². The summed E-state index contributed by atoms with van der Waals surface area (Å²) in [6.07, 6.45) is -1.27. The number of aliphatic hydroxyl groups excluding tert-OH is 1. The number of hydrogen-bond donors (Lipinski definition) is 1. The summed E-state index contributed by atoms with van der Waals surface area (Å²) in [7, 11) is 0. The van der Waals surface area contributed by atoms with Gasteiger partial charge in [0, 0.05) is 9.13 Å². The maximum Gasteiger partial charge on any atom is 0.137 e. The van der Waals surface area contributed by atoms with E-state index in [0.29, 0.717) is 10.6 Å². The molecule has 0 aliphatic rings. The normalized spacial score (nSPS) is 12.5. The van der Waals surface area contributed by atoms with Gasteiger partial charge in [-0.3, -0.25) is 0 Å². The molecule has 0 saturated carbocycles. The SMILES string of the molecule is OC(c1ccc(I)c(Cl)c1)c1cc(F)c(Br)cc1F. The quantitative estimate of drug-likeness (QED) is 0.491. The molecule has 2 rings (SSSR count). The third-order valence-corrected chi connectivity index (χ3v) is 4.77. The Morgan fingerprint density at radius 3 is 2.47 bits per heavy atom. The van der Waals surface area contributed by atoms with Crippen LogP contribution in [-0.4, -0.2) is 5.11 Å². The van der Waals surface area contributed by atoms with E-state index in [4.69, 9.17) is 11.6 Å². The molecule has 1 atom stereocenters. The van der Waals surface area contributed by atoms with Crippen LogP contribution >= 0.6 is 50.1 Å². The van der Waals surface area contributed by atoms with Gasteiger partial charge in [-0.05, 0) is 68.3 Å². The predicted molar refractivity (Wildman–Crippen MR) is 82.3 cm³/mol. The van der Waals surface area contributed by atoms with E-state index in [1.54, 1.807) is 12.1 Å². The molecule has 0 aliphatic heterocycles. The Hall–Kier alpha value is -0.240. The summed E-state index contributed by atoms with van der Waals surface area (Å²) < 4.78 is 28.0. The molecule has 2 aromatic carbocycles. The monoisotopic (exact) mass is 458 g/mol. The fraction of sp³-hybridized carbons (Fsp3) is 0.0769. The van der Waals surface area contributed by atoms with E-state index >= 15 is 0 Å². The summed E-state index contributed by atoms with van der Waals surface area (Å²) in [6.45, 7) is 0. The van der Waals surface area contributed by atoms with Gasteiger partial charge in [0.2, 0.25) is 0 Å². The van der Waals surface area contributed by atoms with Gasteiger partial charge in [-0.15, -0.1) is 0 Å². The van der Waals surface area contributed by atoms with E-state index in [1.165, 1.54) is 6.07 Å². The van der Waals surface area contributed by atoms with Crippen molar-refractivity contribution in [1.82, 2.24) is 0 Å². The van der Waals surface area contributed by atoms with E-state index in [1.807, 2.05) is 22.6 Å². The van der Waals surface area contributed by atoms with Gasteiger partial charge in [-0.25, -0.2) is 8.78 Å². The summed E-state index contributed by atoms with van der Waals surface area (Å²) in [5, 5.41) is 10.6. The molecule has 0 heterocycles. The van der Waals surface area contributed by atoms with Gasteiger partial charge in [0.15, 0.2) is 0 Å². The number of rotatable bonds is 2. The van der Waals surface area contributed by atoms with Crippen molar-refractivity contribution in [3.8, 4) is 0 Å². The first-order chi connectivity index (χ1) is 8.90. The van der Waals surface area contributed by atoms with Crippen LogP contribution in [0.3, 0.4) is 0 Å². The maximum absolute atomic E-state index is 13.8. The second kappa shape index (κ2) is 6.03. The summed E-state index contributed by atoms with van der Waals surface area (Å²) in [4.78, 5) is 0. The molecule has 0 spiro atoms. The zero-order valence-corrected chi connectivity index (χ0v) is 13.8. The highest BCUT2D eigenvalue weighted by molar-refractivity contribution is 14.1. The van der Waals surface area contributed by atoms with Crippen molar-refractivity contribution in [2.24, 2.45) is 0 Å². The van der Waals surface area contributed by atoms with Gasteiger partial charge in [-0.1, -0.05) is 17.7 Å². The van der Waals surface area contributed by atoms with Crippen LogP contribution in [0.1, 0.15) is 17.2 Å². The molecular formula is C13H7BrClF2IO. The van der Waals surface area contributed by atoms with Crippen LogP contribution in [0.4, 0.5) is 8.78 Å². The lowest BCUT2D eigenvalue weighted by atomic mass is 10.0. The second-order valence-electron chi connectivity index (χ2n) is 3.86. The van der Waals surface area contributed by atoms with Crippen LogP contribution in [0.15, 0.2) is 34.8 Å². The molecule has 0 aliphatic carbocycles. The number of benzene rings is 2. The van der Waals surface area contributed by atoms with Gasteiger partial charge >= 0.3 is 0 Å². The van der Waals surface area contributed by atoms with Crippen LogP contribution in [0.25, 0.3) is 0 Å². The molecule has 6 heteroatoms. The topological polar surface area (TPSA) is 20.2 Å². The minimum atomic E-state index is -1.27. The third-order valence-electron chi connectivity index (χ3n) is 2.59. The highest BCUT2D eigenvalue weighted by Gasteiger charge is 2.18. The number of aliphatic hydroxyl groups is 1. The number of hydrogen-bond acceptors (Lipinski definition) is 1. The van der Waals surface area contributed by atoms with Gasteiger partial charge in [0.05, 0.1) is 9.50 Å². The molecule has 100 valence electrons. The van der Waals surface area contributed by atoms with Crippen molar-refractivity contribution in [2.45, 2.75) is 6.10 Å². The Labute approximate surface area is 135 Å². The van der Waals surface area contributed by atoms with Gasteiger partial charge in [0.1, 0.15) is 17.7 Å². The summed E-state index contributed by atoms with van der Waals surface area (Å²) in [5.74, 6) is -1.32. The van der Waals surface area contributed by atoms with E-state index in [-0.39, 0.29) is 10.0 Å². The first-order valence-electron chi connectivity index (χ1n) is 5.17.